The molecule has 0 aliphatic carbocycles. The third-order valence-electron chi connectivity index (χ3n) is 4.72. The van der Waals surface area contributed by atoms with Gasteiger partial charge in [-0.05, 0) is 48.4 Å². The average molecular weight is 367 g/mol. The van der Waals surface area contributed by atoms with Crippen LogP contribution in [-0.4, -0.2) is 35.4 Å². The van der Waals surface area contributed by atoms with E-state index in [1.165, 1.54) is 5.56 Å². The Bertz CT molecular complexity index is 900. The summed E-state index contributed by atoms with van der Waals surface area (Å²) in [5.74, 6) is 1.92. The molecule has 2 heterocycles. The van der Waals surface area contributed by atoms with Crippen LogP contribution in [0.5, 0.6) is 5.75 Å². The van der Waals surface area contributed by atoms with Crippen LogP contribution in [-0.2, 0) is 0 Å². The van der Waals surface area contributed by atoms with Gasteiger partial charge in [0.15, 0.2) is 0 Å². The summed E-state index contributed by atoms with van der Waals surface area (Å²) in [6.45, 7) is 1.78. The summed E-state index contributed by atoms with van der Waals surface area (Å²) < 4.78 is 5.21. The van der Waals surface area contributed by atoms with Gasteiger partial charge in [-0.15, -0.1) is 5.10 Å². The standard InChI is InChI=1S/C20H19ClN4O/c1-26-18-7-5-14(6-8-18)19-12-22-24-20(23-19)25-10-9-16(13-25)15-3-2-4-17(21)11-15/h2-8,11-12,16H,9-10,13H2,1H3/t16-/m1/s1. The molecule has 0 unspecified atom stereocenters. The zero-order valence-corrected chi connectivity index (χ0v) is 15.2. The summed E-state index contributed by atoms with van der Waals surface area (Å²) in [5, 5.41) is 9.17. The molecule has 1 aromatic heterocycles. The molecule has 2 aromatic carbocycles. The molecule has 6 heteroatoms. The number of anilines is 1. The Hall–Kier alpha value is -2.66. The number of benzene rings is 2. The van der Waals surface area contributed by atoms with Crippen LogP contribution in [0.15, 0.2) is 54.7 Å². The number of hydrogen-bond donors (Lipinski definition) is 0. The summed E-state index contributed by atoms with van der Waals surface area (Å²) in [6, 6.07) is 15.9. The molecular weight excluding hydrogens is 348 g/mol. The second-order valence-corrected chi connectivity index (χ2v) is 6.79. The third-order valence-corrected chi connectivity index (χ3v) is 4.96. The van der Waals surface area contributed by atoms with Crippen LogP contribution < -0.4 is 9.64 Å². The van der Waals surface area contributed by atoms with Crippen molar-refractivity contribution in [2.45, 2.75) is 12.3 Å². The molecule has 1 atom stereocenters. The maximum Gasteiger partial charge on any atom is 0.245 e. The molecule has 26 heavy (non-hydrogen) atoms. The monoisotopic (exact) mass is 366 g/mol. The molecular formula is C20H19ClN4O. The van der Waals surface area contributed by atoms with Gasteiger partial charge in [-0.25, -0.2) is 4.98 Å². The first-order chi connectivity index (χ1) is 12.7. The minimum absolute atomic E-state index is 0.432. The van der Waals surface area contributed by atoms with E-state index in [0.717, 1.165) is 41.5 Å². The summed E-state index contributed by atoms with van der Waals surface area (Å²) in [5.41, 5.74) is 3.07. The molecule has 0 saturated carbocycles. The Morgan fingerprint density at radius 2 is 2.00 bits per heavy atom. The Labute approximate surface area is 157 Å². The van der Waals surface area contributed by atoms with Crippen molar-refractivity contribution in [2.24, 2.45) is 0 Å². The average Bonchev–Trinajstić information content (AvgIpc) is 3.19. The van der Waals surface area contributed by atoms with Crippen LogP contribution in [0, 0.1) is 0 Å². The Balaban J connectivity index is 1.53. The fraction of sp³-hybridized carbons (Fsp3) is 0.250. The van der Waals surface area contributed by atoms with Gasteiger partial charge in [0.05, 0.1) is 19.0 Å². The maximum absolute atomic E-state index is 6.13. The number of ether oxygens (including phenoxy) is 1. The normalized spacial score (nSPS) is 16.7. The van der Waals surface area contributed by atoms with Crippen LogP contribution in [0.2, 0.25) is 5.02 Å². The molecule has 0 radical (unpaired) electrons. The van der Waals surface area contributed by atoms with E-state index in [4.69, 9.17) is 21.3 Å². The molecule has 1 aliphatic heterocycles. The summed E-state index contributed by atoms with van der Waals surface area (Å²) >= 11 is 6.13. The third kappa shape index (κ3) is 3.48. The summed E-state index contributed by atoms with van der Waals surface area (Å²) in [7, 11) is 1.66. The van der Waals surface area contributed by atoms with Crippen molar-refractivity contribution in [1.29, 1.82) is 0 Å². The maximum atomic E-state index is 6.13. The molecule has 1 saturated heterocycles. The lowest BCUT2D eigenvalue weighted by Gasteiger charge is -2.16. The van der Waals surface area contributed by atoms with Gasteiger partial charge in [0.1, 0.15) is 5.75 Å². The van der Waals surface area contributed by atoms with Gasteiger partial charge in [-0.3, -0.25) is 0 Å². The fourth-order valence-electron chi connectivity index (χ4n) is 3.30. The van der Waals surface area contributed by atoms with E-state index >= 15 is 0 Å². The van der Waals surface area contributed by atoms with Crippen molar-refractivity contribution in [1.82, 2.24) is 15.2 Å². The van der Waals surface area contributed by atoms with Crippen molar-refractivity contribution in [3.05, 3.63) is 65.3 Å². The van der Waals surface area contributed by atoms with Gasteiger partial charge in [0, 0.05) is 29.6 Å². The van der Waals surface area contributed by atoms with Crippen LogP contribution in [0.3, 0.4) is 0 Å². The van der Waals surface area contributed by atoms with Crippen LogP contribution >= 0.6 is 11.6 Å². The molecule has 5 nitrogen and oxygen atoms in total. The van der Waals surface area contributed by atoms with E-state index in [2.05, 4.69) is 21.2 Å². The molecule has 0 spiro atoms. The highest BCUT2D eigenvalue weighted by molar-refractivity contribution is 6.30. The van der Waals surface area contributed by atoms with Crippen molar-refractivity contribution in [2.75, 3.05) is 25.1 Å². The van der Waals surface area contributed by atoms with Gasteiger partial charge < -0.3 is 9.64 Å². The van der Waals surface area contributed by atoms with Gasteiger partial charge in [0.25, 0.3) is 0 Å². The molecule has 132 valence electrons. The van der Waals surface area contributed by atoms with Gasteiger partial charge in [0.2, 0.25) is 5.95 Å². The van der Waals surface area contributed by atoms with E-state index in [9.17, 15) is 0 Å². The Morgan fingerprint density at radius 3 is 2.77 bits per heavy atom. The minimum Gasteiger partial charge on any atom is -0.497 e. The molecule has 1 fully saturated rings. The number of hydrogen-bond acceptors (Lipinski definition) is 5. The molecule has 0 bridgehead atoms. The van der Waals surface area contributed by atoms with E-state index in [1.807, 2.05) is 42.5 Å². The molecule has 0 N–H and O–H groups in total. The SMILES string of the molecule is COc1ccc(-c2cnnc(N3CC[C@@H](c4cccc(Cl)c4)C3)n2)cc1. The lowest BCUT2D eigenvalue weighted by atomic mass is 9.99. The van der Waals surface area contributed by atoms with Crippen molar-refractivity contribution >= 4 is 17.5 Å². The van der Waals surface area contributed by atoms with E-state index in [0.29, 0.717) is 11.9 Å². The van der Waals surface area contributed by atoms with Crippen molar-refractivity contribution in [3.8, 4) is 17.0 Å². The zero-order valence-electron chi connectivity index (χ0n) is 14.5. The number of methoxy groups -OCH3 is 1. The van der Waals surface area contributed by atoms with Crippen molar-refractivity contribution in [3.63, 3.8) is 0 Å². The topological polar surface area (TPSA) is 51.1 Å². The second-order valence-electron chi connectivity index (χ2n) is 6.36. The summed E-state index contributed by atoms with van der Waals surface area (Å²) in [6.07, 6.45) is 2.74. The number of nitrogens with zero attached hydrogens (tertiary/aromatic N) is 4. The number of aromatic nitrogens is 3. The molecule has 3 aromatic rings. The second kappa shape index (κ2) is 7.30. The van der Waals surface area contributed by atoms with Crippen LogP contribution in [0.25, 0.3) is 11.3 Å². The largest absolute Gasteiger partial charge is 0.497 e. The molecule has 4 rings (SSSR count). The Kier molecular flexibility index (Phi) is 4.71. The van der Waals surface area contributed by atoms with E-state index in [-0.39, 0.29) is 0 Å². The number of halogens is 1. The Morgan fingerprint density at radius 1 is 1.15 bits per heavy atom. The first-order valence-electron chi connectivity index (χ1n) is 8.57. The van der Waals surface area contributed by atoms with Gasteiger partial charge >= 0.3 is 0 Å². The fourth-order valence-corrected chi connectivity index (χ4v) is 3.50. The van der Waals surface area contributed by atoms with E-state index in [1.54, 1.807) is 13.3 Å². The predicted octanol–water partition coefficient (Wildman–Crippen LogP) is 4.19. The quantitative estimate of drug-likeness (QED) is 0.692. The van der Waals surface area contributed by atoms with Crippen molar-refractivity contribution < 1.29 is 4.74 Å². The van der Waals surface area contributed by atoms with Crippen LogP contribution in [0.4, 0.5) is 5.95 Å². The van der Waals surface area contributed by atoms with Gasteiger partial charge in [-0.2, -0.15) is 5.10 Å². The van der Waals surface area contributed by atoms with Gasteiger partial charge in [-0.1, -0.05) is 23.7 Å². The first-order valence-corrected chi connectivity index (χ1v) is 8.95. The highest BCUT2D eigenvalue weighted by Crippen LogP contribution is 2.31. The predicted molar refractivity (Wildman–Crippen MR) is 103 cm³/mol. The summed E-state index contributed by atoms with van der Waals surface area (Å²) in [4.78, 5) is 6.90. The van der Waals surface area contributed by atoms with Crippen LogP contribution in [0.1, 0.15) is 17.9 Å². The molecule has 1 aliphatic rings. The number of rotatable bonds is 4. The first kappa shape index (κ1) is 16.8. The minimum atomic E-state index is 0.432. The lowest BCUT2D eigenvalue weighted by molar-refractivity contribution is 0.415. The highest BCUT2D eigenvalue weighted by Gasteiger charge is 2.26. The highest BCUT2D eigenvalue weighted by atomic mass is 35.5. The smallest absolute Gasteiger partial charge is 0.245 e. The lowest BCUT2D eigenvalue weighted by Crippen LogP contribution is -2.22. The molecule has 0 amide bonds. The van der Waals surface area contributed by atoms with E-state index < -0.39 is 0 Å². The zero-order chi connectivity index (χ0) is 17.9.